The second-order valence-electron chi connectivity index (χ2n) is 4.77. The Morgan fingerprint density at radius 3 is 2.55 bits per heavy atom. The molecule has 0 saturated carbocycles. The molecule has 1 aliphatic rings. The van der Waals surface area contributed by atoms with Crippen molar-refractivity contribution in [2.45, 2.75) is 30.1 Å². The summed E-state index contributed by atoms with van der Waals surface area (Å²) in [7, 11) is -3.70. The van der Waals surface area contributed by atoms with E-state index >= 15 is 0 Å². The summed E-state index contributed by atoms with van der Waals surface area (Å²) >= 11 is 1.59. The third-order valence-electron chi connectivity index (χ3n) is 2.94. The predicted octanol–water partition coefficient (Wildman–Crippen LogP) is 3.08. The number of ether oxygens (including phenoxy) is 1. The minimum absolute atomic E-state index is 0.0202. The van der Waals surface area contributed by atoms with Crippen molar-refractivity contribution >= 4 is 21.9 Å². The maximum absolute atomic E-state index is 11.9. The summed E-state index contributed by atoms with van der Waals surface area (Å²) in [5, 5.41) is 1.99. The van der Waals surface area contributed by atoms with Crippen molar-refractivity contribution in [2.24, 2.45) is 0 Å². The summed E-state index contributed by atoms with van der Waals surface area (Å²) in [6.07, 6.45) is 2.86. The van der Waals surface area contributed by atoms with Gasteiger partial charge in [-0.2, -0.15) is 8.42 Å². The van der Waals surface area contributed by atoms with Crippen LogP contribution in [0.25, 0.3) is 0 Å². The quantitative estimate of drug-likeness (QED) is 0.596. The molecule has 0 spiro atoms. The Kier molecular flexibility index (Phi) is 4.90. The number of hydrogen-bond acceptors (Lipinski definition) is 5. The van der Waals surface area contributed by atoms with Crippen LogP contribution in [0.2, 0.25) is 0 Å². The van der Waals surface area contributed by atoms with Crippen molar-refractivity contribution in [3.63, 3.8) is 0 Å². The Morgan fingerprint density at radius 2 is 1.95 bits per heavy atom. The number of benzene rings is 1. The molecular weight excluding hydrogens is 296 g/mol. The molecule has 0 aliphatic carbocycles. The Balaban J connectivity index is 1.82. The fraction of sp³-hybridized carbons (Fsp3) is 0.429. The lowest BCUT2D eigenvalue weighted by molar-refractivity contribution is 0.0259. The molecule has 0 bridgehead atoms. The third kappa shape index (κ3) is 4.09. The summed E-state index contributed by atoms with van der Waals surface area (Å²) in [4.78, 5) is -0.122. The molecule has 0 aromatic heterocycles. The first kappa shape index (κ1) is 15.6. The van der Waals surface area contributed by atoms with E-state index in [4.69, 9.17) is 8.92 Å². The molecule has 110 valence electrons. The van der Waals surface area contributed by atoms with Crippen LogP contribution in [0.5, 0.6) is 0 Å². The minimum atomic E-state index is -3.70. The van der Waals surface area contributed by atoms with E-state index < -0.39 is 10.1 Å². The molecule has 20 heavy (non-hydrogen) atoms. The predicted molar refractivity (Wildman–Crippen MR) is 80.0 cm³/mol. The van der Waals surface area contributed by atoms with Crippen LogP contribution in [0.4, 0.5) is 0 Å². The number of hydrogen-bond donors (Lipinski definition) is 0. The van der Waals surface area contributed by atoms with Gasteiger partial charge in [-0.25, -0.2) is 0 Å². The summed E-state index contributed by atoms with van der Waals surface area (Å²) in [6.45, 7) is 4.15. The smallest absolute Gasteiger partial charge is 0.297 e. The monoisotopic (exact) mass is 314 g/mol. The van der Waals surface area contributed by atoms with Gasteiger partial charge < -0.3 is 4.74 Å². The molecule has 6 heteroatoms. The maximum Gasteiger partial charge on any atom is 0.297 e. The number of rotatable bonds is 6. The number of thioether (sulfide) groups is 1. The van der Waals surface area contributed by atoms with Crippen molar-refractivity contribution in [2.75, 3.05) is 13.2 Å². The van der Waals surface area contributed by atoms with Crippen molar-refractivity contribution in [3.8, 4) is 0 Å². The summed E-state index contributed by atoms with van der Waals surface area (Å²) in [5.74, 6) is 0. The van der Waals surface area contributed by atoms with Crippen molar-refractivity contribution in [3.05, 3.63) is 41.3 Å². The molecule has 0 radical (unpaired) electrons. The highest BCUT2D eigenvalue weighted by atomic mass is 32.2. The topological polar surface area (TPSA) is 52.6 Å². The second-order valence-corrected chi connectivity index (χ2v) is 7.75. The van der Waals surface area contributed by atoms with Gasteiger partial charge in [0.2, 0.25) is 0 Å². The van der Waals surface area contributed by atoms with E-state index in [1.165, 1.54) is 0 Å². The molecule has 0 N–H and O–H groups in total. The highest BCUT2D eigenvalue weighted by molar-refractivity contribution is 8.03. The molecule has 4 nitrogen and oxygen atoms in total. The molecule has 1 unspecified atom stereocenters. The SMILES string of the molecule is Cc1ccc(S(=O)(=O)OCCOC2(C)CC=CS2)cc1. The fourth-order valence-electron chi connectivity index (χ4n) is 1.77. The van der Waals surface area contributed by atoms with Crippen LogP contribution in [-0.4, -0.2) is 26.6 Å². The highest BCUT2D eigenvalue weighted by Gasteiger charge is 2.27. The summed E-state index contributed by atoms with van der Waals surface area (Å²) in [6, 6.07) is 6.58. The van der Waals surface area contributed by atoms with Gasteiger partial charge in [0.15, 0.2) is 0 Å². The average molecular weight is 314 g/mol. The molecule has 0 amide bonds. The van der Waals surface area contributed by atoms with Crippen LogP contribution >= 0.6 is 11.8 Å². The Labute approximate surface area is 124 Å². The van der Waals surface area contributed by atoms with E-state index in [1.807, 2.05) is 25.3 Å². The van der Waals surface area contributed by atoms with E-state index in [0.717, 1.165) is 12.0 Å². The first-order valence-corrected chi connectivity index (χ1v) is 8.63. The minimum Gasteiger partial charge on any atom is -0.362 e. The highest BCUT2D eigenvalue weighted by Crippen LogP contribution is 2.36. The standard InChI is InChI=1S/C14H18O4S2/c1-12-4-6-13(7-5-12)20(15,16)18-10-9-17-14(2)8-3-11-19-14/h3-7,11H,8-10H2,1-2H3. The lowest BCUT2D eigenvalue weighted by Crippen LogP contribution is -2.24. The van der Waals surface area contributed by atoms with Crippen molar-refractivity contribution in [1.82, 2.24) is 0 Å². The molecule has 2 rings (SSSR count). The van der Waals surface area contributed by atoms with Gasteiger partial charge in [-0.05, 0) is 31.4 Å². The summed E-state index contributed by atoms with van der Waals surface area (Å²) < 4.78 is 34.5. The molecule has 0 saturated heterocycles. The van der Waals surface area contributed by atoms with E-state index in [1.54, 1.807) is 36.0 Å². The molecule has 1 aromatic carbocycles. The van der Waals surface area contributed by atoms with Crippen LogP contribution in [-0.2, 0) is 19.0 Å². The molecule has 1 heterocycles. The van der Waals surface area contributed by atoms with Crippen molar-refractivity contribution in [1.29, 1.82) is 0 Å². The van der Waals surface area contributed by atoms with Gasteiger partial charge in [0.05, 0.1) is 18.1 Å². The van der Waals surface area contributed by atoms with Crippen LogP contribution in [0.3, 0.4) is 0 Å². The van der Waals surface area contributed by atoms with E-state index in [0.29, 0.717) is 0 Å². The van der Waals surface area contributed by atoms with Gasteiger partial charge >= 0.3 is 0 Å². The fourth-order valence-corrected chi connectivity index (χ4v) is 3.49. The average Bonchev–Trinajstić information content (AvgIpc) is 2.83. The Morgan fingerprint density at radius 1 is 1.25 bits per heavy atom. The third-order valence-corrected chi connectivity index (χ3v) is 5.38. The van der Waals surface area contributed by atoms with Crippen LogP contribution in [0.15, 0.2) is 40.6 Å². The van der Waals surface area contributed by atoms with Gasteiger partial charge in [0.1, 0.15) is 4.93 Å². The van der Waals surface area contributed by atoms with E-state index in [2.05, 4.69) is 0 Å². The van der Waals surface area contributed by atoms with E-state index in [9.17, 15) is 8.42 Å². The molecule has 1 aliphatic heterocycles. The molecule has 0 fully saturated rings. The van der Waals surface area contributed by atoms with Gasteiger partial charge in [-0.1, -0.05) is 35.5 Å². The van der Waals surface area contributed by atoms with Gasteiger partial charge in [0.25, 0.3) is 10.1 Å². The zero-order valence-corrected chi connectivity index (χ0v) is 13.2. The lowest BCUT2D eigenvalue weighted by Gasteiger charge is -2.23. The molecular formula is C14H18O4S2. The van der Waals surface area contributed by atoms with Gasteiger partial charge in [-0.15, -0.1) is 0 Å². The largest absolute Gasteiger partial charge is 0.362 e. The second kappa shape index (κ2) is 6.30. The molecule has 1 aromatic rings. The Hall–Kier alpha value is -0.820. The maximum atomic E-state index is 11.9. The zero-order valence-electron chi connectivity index (χ0n) is 11.5. The first-order chi connectivity index (χ1) is 9.41. The van der Waals surface area contributed by atoms with Gasteiger partial charge in [-0.3, -0.25) is 4.18 Å². The van der Waals surface area contributed by atoms with Crippen LogP contribution < -0.4 is 0 Å². The van der Waals surface area contributed by atoms with Crippen LogP contribution in [0, 0.1) is 6.92 Å². The lowest BCUT2D eigenvalue weighted by atomic mass is 10.2. The van der Waals surface area contributed by atoms with Crippen LogP contribution in [0.1, 0.15) is 18.9 Å². The van der Waals surface area contributed by atoms with Gasteiger partial charge in [0, 0.05) is 6.42 Å². The Bertz CT molecular complexity index is 568. The zero-order chi connectivity index (χ0) is 14.6. The van der Waals surface area contributed by atoms with E-state index in [-0.39, 0.29) is 23.0 Å². The summed E-state index contributed by atoms with van der Waals surface area (Å²) in [5.41, 5.74) is 1.01. The first-order valence-electron chi connectivity index (χ1n) is 6.34. The number of aryl methyl sites for hydroxylation is 1. The molecule has 1 atom stereocenters. The normalized spacial score (nSPS) is 22.3. The van der Waals surface area contributed by atoms with Crippen molar-refractivity contribution < 1.29 is 17.3 Å².